The molecule has 114 valence electrons. The molecule has 0 fully saturated rings. The molecule has 0 radical (unpaired) electrons. The van der Waals surface area contributed by atoms with Crippen LogP contribution in [0, 0.1) is 0 Å². The Morgan fingerprint density at radius 2 is 1.74 bits per heavy atom. The zero-order chi connectivity index (χ0) is 15.6. The molecular formula is C21H19NO. The van der Waals surface area contributed by atoms with Crippen molar-refractivity contribution in [2.24, 2.45) is 0 Å². The smallest absolute Gasteiger partial charge is 0.119 e. The lowest BCUT2D eigenvalue weighted by Gasteiger charge is -2.10. The molecule has 0 atom stereocenters. The first kappa shape index (κ1) is 13.9. The second kappa shape index (κ2) is 5.81. The van der Waals surface area contributed by atoms with Gasteiger partial charge >= 0.3 is 0 Å². The molecule has 2 heteroatoms. The van der Waals surface area contributed by atoms with E-state index in [1.807, 2.05) is 12.1 Å². The second-order valence-corrected chi connectivity index (χ2v) is 5.91. The molecule has 4 rings (SSSR count). The lowest BCUT2D eigenvalue weighted by molar-refractivity contribution is 0.414. The third-order valence-corrected chi connectivity index (χ3v) is 4.42. The minimum absolute atomic E-state index is 0.795. The van der Waals surface area contributed by atoms with Crippen molar-refractivity contribution >= 4 is 5.69 Å². The predicted molar refractivity (Wildman–Crippen MR) is 95.0 cm³/mol. The van der Waals surface area contributed by atoms with Gasteiger partial charge < -0.3 is 10.1 Å². The molecule has 1 aliphatic carbocycles. The maximum absolute atomic E-state index is 5.28. The highest BCUT2D eigenvalue weighted by atomic mass is 16.5. The van der Waals surface area contributed by atoms with Crippen molar-refractivity contribution in [3.63, 3.8) is 0 Å². The van der Waals surface area contributed by atoms with Gasteiger partial charge in [0.1, 0.15) is 5.75 Å². The second-order valence-electron chi connectivity index (χ2n) is 5.91. The van der Waals surface area contributed by atoms with Gasteiger partial charge in [-0.05, 0) is 58.5 Å². The molecule has 0 unspecified atom stereocenters. The normalized spacial score (nSPS) is 11.7. The Labute approximate surface area is 136 Å². The summed E-state index contributed by atoms with van der Waals surface area (Å²) in [5, 5.41) is 3.51. The summed E-state index contributed by atoms with van der Waals surface area (Å²) in [5.41, 5.74) is 7.95. The highest BCUT2D eigenvalue weighted by molar-refractivity contribution is 5.78. The van der Waals surface area contributed by atoms with Gasteiger partial charge in [0.05, 0.1) is 7.11 Å². The van der Waals surface area contributed by atoms with Gasteiger partial charge in [0.15, 0.2) is 0 Å². The van der Waals surface area contributed by atoms with E-state index in [9.17, 15) is 0 Å². The summed E-state index contributed by atoms with van der Waals surface area (Å²) in [6.07, 6.45) is 1.03. The highest BCUT2D eigenvalue weighted by Gasteiger charge is 2.17. The molecule has 0 amide bonds. The predicted octanol–water partition coefficient (Wildman–Crippen LogP) is 4.88. The van der Waals surface area contributed by atoms with Crippen molar-refractivity contribution in [1.29, 1.82) is 0 Å². The van der Waals surface area contributed by atoms with Crippen molar-refractivity contribution in [2.75, 3.05) is 12.4 Å². The lowest BCUT2D eigenvalue weighted by atomic mass is 10.1. The SMILES string of the molecule is COc1cccc(CNc2ccc3c(c2)Cc2ccccc2-3)c1. The Kier molecular flexibility index (Phi) is 3.51. The first-order chi connectivity index (χ1) is 11.3. The van der Waals surface area contributed by atoms with Gasteiger partial charge in [0.2, 0.25) is 0 Å². The molecule has 0 saturated heterocycles. The van der Waals surface area contributed by atoms with Crippen LogP contribution in [0.3, 0.4) is 0 Å². The molecule has 0 bridgehead atoms. The first-order valence-electron chi connectivity index (χ1n) is 7.91. The molecule has 0 spiro atoms. The van der Waals surface area contributed by atoms with Crippen LogP contribution in [0.15, 0.2) is 66.7 Å². The van der Waals surface area contributed by atoms with Crippen molar-refractivity contribution in [3.8, 4) is 16.9 Å². The van der Waals surface area contributed by atoms with E-state index in [2.05, 4.69) is 59.9 Å². The Bertz CT molecular complexity index is 854. The third-order valence-electron chi connectivity index (χ3n) is 4.42. The molecule has 1 N–H and O–H groups in total. The van der Waals surface area contributed by atoms with Crippen LogP contribution in [0.25, 0.3) is 11.1 Å². The summed E-state index contributed by atoms with van der Waals surface area (Å²) < 4.78 is 5.28. The van der Waals surface area contributed by atoms with E-state index >= 15 is 0 Å². The van der Waals surface area contributed by atoms with Gasteiger partial charge in [-0.25, -0.2) is 0 Å². The molecule has 3 aromatic rings. The Hall–Kier alpha value is -2.74. The Morgan fingerprint density at radius 3 is 2.65 bits per heavy atom. The lowest BCUT2D eigenvalue weighted by Crippen LogP contribution is -2.00. The number of ether oxygens (including phenoxy) is 1. The number of hydrogen-bond donors (Lipinski definition) is 1. The van der Waals surface area contributed by atoms with E-state index in [4.69, 9.17) is 4.74 Å². The molecule has 2 nitrogen and oxygen atoms in total. The molecule has 0 heterocycles. The summed E-state index contributed by atoms with van der Waals surface area (Å²) in [4.78, 5) is 0. The number of nitrogens with one attached hydrogen (secondary N) is 1. The van der Waals surface area contributed by atoms with Crippen LogP contribution in [0.5, 0.6) is 5.75 Å². The van der Waals surface area contributed by atoms with Crippen LogP contribution in [0.2, 0.25) is 0 Å². The summed E-state index contributed by atoms with van der Waals surface area (Å²) >= 11 is 0. The van der Waals surface area contributed by atoms with Gasteiger partial charge in [0.25, 0.3) is 0 Å². The molecular weight excluding hydrogens is 282 g/mol. The topological polar surface area (TPSA) is 21.3 Å². The largest absolute Gasteiger partial charge is 0.497 e. The average molecular weight is 301 g/mol. The number of hydrogen-bond acceptors (Lipinski definition) is 2. The zero-order valence-electron chi connectivity index (χ0n) is 13.2. The van der Waals surface area contributed by atoms with Gasteiger partial charge in [0, 0.05) is 12.2 Å². The number of rotatable bonds is 4. The van der Waals surface area contributed by atoms with Gasteiger partial charge in [-0.1, -0.05) is 42.5 Å². The minimum Gasteiger partial charge on any atom is -0.497 e. The van der Waals surface area contributed by atoms with Crippen molar-refractivity contribution in [1.82, 2.24) is 0 Å². The van der Waals surface area contributed by atoms with E-state index in [-0.39, 0.29) is 0 Å². The Balaban J connectivity index is 1.52. The summed E-state index contributed by atoms with van der Waals surface area (Å²) in [5.74, 6) is 0.897. The van der Waals surface area contributed by atoms with E-state index in [0.29, 0.717) is 0 Å². The van der Waals surface area contributed by atoms with Crippen LogP contribution < -0.4 is 10.1 Å². The van der Waals surface area contributed by atoms with Gasteiger partial charge in [-0.3, -0.25) is 0 Å². The van der Waals surface area contributed by atoms with Crippen molar-refractivity contribution in [3.05, 3.63) is 83.4 Å². The number of fused-ring (bicyclic) bond motifs is 3. The maximum atomic E-state index is 5.28. The van der Waals surface area contributed by atoms with Crippen LogP contribution >= 0.6 is 0 Å². The minimum atomic E-state index is 0.795. The monoisotopic (exact) mass is 301 g/mol. The molecule has 0 saturated carbocycles. The van der Waals surface area contributed by atoms with Crippen molar-refractivity contribution in [2.45, 2.75) is 13.0 Å². The quantitative estimate of drug-likeness (QED) is 0.580. The zero-order valence-corrected chi connectivity index (χ0v) is 13.2. The van der Waals surface area contributed by atoms with E-state index in [0.717, 1.165) is 18.7 Å². The van der Waals surface area contributed by atoms with Crippen LogP contribution in [-0.2, 0) is 13.0 Å². The van der Waals surface area contributed by atoms with E-state index < -0.39 is 0 Å². The first-order valence-corrected chi connectivity index (χ1v) is 7.91. The average Bonchev–Trinajstić information content (AvgIpc) is 2.98. The van der Waals surface area contributed by atoms with Crippen LogP contribution in [0.4, 0.5) is 5.69 Å². The molecule has 1 aliphatic rings. The number of methoxy groups -OCH3 is 1. The number of benzene rings is 3. The fourth-order valence-corrected chi connectivity index (χ4v) is 3.24. The molecule has 23 heavy (non-hydrogen) atoms. The van der Waals surface area contributed by atoms with E-state index in [1.165, 1.54) is 33.5 Å². The molecule has 0 aromatic heterocycles. The Morgan fingerprint density at radius 1 is 0.870 bits per heavy atom. The summed E-state index contributed by atoms with van der Waals surface area (Å²) in [6.45, 7) is 0.795. The number of anilines is 1. The molecule has 3 aromatic carbocycles. The van der Waals surface area contributed by atoms with Gasteiger partial charge in [-0.15, -0.1) is 0 Å². The summed E-state index contributed by atoms with van der Waals surface area (Å²) in [7, 11) is 1.70. The fraction of sp³-hybridized carbons (Fsp3) is 0.143. The van der Waals surface area contributed by atoms with Crippen LogP contribution in [-0.4, -0.2) is 7.11 Å². The standard InChI is InChI=1S/C21H19NO/c1-23-19-7-4-5-15(11-19)14-22-18-9-10-21-17(13-18)12-16-6-2-3-8-20(16)21/h2-11,13,22H,12,14H2,1H3. The highest BCUT2D eigenvalue weighted by Crippen LogP contribution is 2.37. The fourth-order valence-electron chi connectivity index (χ4n) is 3.24. The van der Waals surface area contributed by atoms with Gasteiger partial charge in [-0.2, -0.15) is 0 Å². The van der Waals surface area contributed by atoms with E-state index in [1.54, 1.807) is 7.11 Å². The third kappa shape index (κ3) is 2.68. The van der Waals surface area contributed by atoms with Crippen molar-refractivity contribution < 1.29 is 4.74 Å². The van der Waals surface area contributed by atoms with Crippen LogP contribution in [0.1, 0.15) is 16.7 Å². The maximum Gasteiger partial charge on any atom is 0.119 e. The summed E-state index contributed by atoms with van der Waals surface area (Å²) in [6, 6.07) is 23.5. The molecule has 0 aliphatic heterocycles.